The lowest BCUT2D eigenvalue weighted by molar-refractivity contribution is -0.136. The maximum absolute atomic E-state index is 10.7. The lowest BCUT2D eigenvalue weighted by Crippen LogP contribution is -2.22. The van der Waals surface area contributed by atoms with Crippen molar-refractivity contribution < 1.29 is 14.6 Å². The van der Waals surface area contributed by atoms with E-state index in [0.717, 1.165) is 30.1 Å². The molecule has 0 bridgehead atoms. The Morgan fingerprint density at radius 2 is 2.29 bits per heavy atom. The van der Waals surface area contributed by atoms with Crippen molar-refractivity contribution in [3.63, 3.8) is 0 Å². The Labute approximate surface area is 126 Å². The molecule has 0 amide bonds. The quantitative estimate of drug-likeness (QED) is 0.512. The molecule has 0 aliphatic heterocycles. The summed E-state index contributed by atoms with van der Waals surface area (Å²) in [6.07, 6.45) is 1.92. The number of aliphatic carboxylic acids is 1. The molecule has 0 heterocycles. The van der Waals surface area contributed by atoms with Crippen LogP contribution in [0.5, 0.6) is 5.75 Å². The van der Waals surface area contributed by atoms with Crippen LogP contribution in [0.1, 0.15) is 18.9 Å². The average Bonchev–Trinajstić information content (AvgIpc) is 2.45. The lowest BCUT2D eigenvalue weighted by Gasteiger charge is -2.22. The third kappa shape index (κ3) is 5.87. The highest BCUT2D eigenvalue weighted by Gasteiger charge is 2.11. The van der Waals surface area contributed by atoms with Crippen LogP contribution in [0, 0.1) is 0 Å². The number of ether oxygens (including phenoxy) is 1. The highest BCUT2D eigenvalue weighted by atomic mass is 16.5. The van der Waals surface area contributed by atoms with E-state index in [4.69, 9.17) is 9.84 Å². The SMILES string of the molecule is C=CCNCc1ccc(N(C)CCC(=O)O)c(OCC)c1. The maximum Gasteiger partial charge on any atom is 0.305 e. The van der Waals surface area contributed by atoms with Gasteiger partial charge in [-0.25, -0.2) is 0 Å². The van der Waals surface area contributed by atoms with Crippen LogP contribution in [0.4, 0.5) is 5.69 Å². The lowest BCUT2D eigenvalue weighted by atomic mass is 10.1. The predicted octanol–water partition coefficient (Wildman–Crippen LogP) is 2.27. The zero-order valence-electron chi connectivity index (χ0n) is 12.8. The van der Waals surface area contributed by atoms with Crippen LogP contribution in [-0.2, 0) is 11.3 Å². The van der Waals surface area contributed by atoms with Crippen molar-refractivity contribution in [2.45, 2.75) is 19.9 Å². The number of benzene rings is 1. The molecule has 1 rings (SSSR count). The number of hydrogen-bond donors (Lipinski definition) is 2. The molecule has 0 unspecified atom stereocenters. The molecule has 0 saturated carbocycles. The van der Waals surface area contributed by atoms with Gasteiger partial charge in [0.1, 0.15) is 5.75 Å². The first-order chi connectivity index (χ1) is 10.1. The van der Waals surface area contributed by atoms with Crippen molar-refractivity contribution in [3.05, 3.63) is 36.4 Å². The molecule has 21 heavy (non-hydrogen) atoms. The summed E-state index contributed by atoms with van der Waals surface area (Å²) in [5, 5.41) is 12.0. The van der Waals surface area contributed by atoms with E-state index in [1.165, 1.54) is 0 Å². The maximum atomic E-state index is 10.7. The largest absolute Gasteiger partial charge is 0.492 e. The Balaban J connectivity index is 2.82. The monoisotopic (exact) mass is 292 g/mol. The summed E-state index contributed by atoms with van der Waals surface area (Å²) in [6.45, 7) is 8.12. The molecule has 0 fully saturated rings. The van der Waals surface area contributed by atoms with Crippen molar-refractivity contribution in [1.82, 2.24) is 5.32 Å². The summed E-state index contributed by atoms with van der Waals surface area (Å²) in [4.78, 5) is 12.6. The second-order valence-corrected chi connectivity index (χ2v) is 4.72. The van der Waals surface area contributed by atoms with Gasteiger partial charge in [0.05, 0.1) is 18.7 Å². The van der Waals surface area contributed by atoms with Crippen molar-refractivity contribution in [3.8, 4) is 5.75 Å². The zero-order chi connectivity index (χ0) is 15.7. The Morgan fingerprint density at radius 1 is 1.52 bits per heavy atom. The van der Waals surface area contributed by atoms with Crippen LogP contribution in [0.15, 0.2) is 30.9 Å². The van der Waals surface area contributed by atoms with Crippen molar-refractivity contribution in [1.29, 1.82) is 0 Å². The number of carbonyl (C=O) groups is 1. The van der Waals surface area contributed by atoms with Gasteiger partial charge in [-0.15, -0.1) is 6.58 Å². The molecular formula is C16H24N2O3. The Kier molecular flexibility index (Phi) is 7.32. The van der Waals surface area contributed by atoms with E-state index in [1.54, 1.807) is 0 Å². The van der Waals surface area contributed by atoms with Gasteiger partial charge in [-0.05, 0) is 24.6 Å². The van der Waals surface area contributed by atoms with Crippen LogP contribution in [0.3, 0.4) is 0 Å². The normalized spacial score (nSPS) is 10.2. The summed E-state index contributed by atoms with van der Waals surface area (Å²) in [7, 11) is 1.87. The summed E-state index contributed by atoms with van der Waals surface area (Å²) >= 11 is 0. The number of carboxylic acid groups (broad SMARTS) is 1. The van der Waals surface area contributed by atoms with Crippen LogP contribution in [0.25, 0.3) is 0 Å². The smallest absolute Gasteiger partial charge is 0.305 e. The molecule has 0 spiro atoms. The summed E-state index contributed by atoms with van der Waals surface area (Å²) in [5.41, 5.74) is 2.03. The van der Waals surface area contributed by atoms with E-state index in [-0.39, 0.29) is 6.42 Å². The molecule has 116 valence electrons. The number of hydrogen-bond acceptors (Lipinski definition) is 4. The Bertz CT molecular complexity index is 475. The van der Waals surface area contributed by atoms with Gasteiger partial charge in [0.15, 0.2) is 0 Å². The molecule has 0 aliphatic carbocycles. The van der Waals surface area contributed by atoms with Crippen molar-refractivity contribution in [2.24, 2.45) is 0 Å². The van der Waals surface area contributed by atoms with Crippen molar-refractivity contribution >= 4 is 11.7 Å². The number of anilines is 1. The minimum atomic E-state index is -0.801. The molecule has 2 N–H and O–H groups in total. The van der Waals surface area contributed by atoms with E-state index in [9.17, 15) is 4.79 Å². The molecule has 1 aromatic rings. The highest BCUT2D eigenvalue weighted by Crippen LogP contribution is 2.29. The second-order valence-electron chi connectivity index (χ2n) is 4.72. The van der Waals surface area contributed by atoms with E-state index in [1.807, 2.05) is 43.1 Å². The van der Waals surface area contributed by atoms with Gasteiger partial charge >= 0.3 is 5.97 Å². The van der Waals surface area contributed by atoms with Crippen LogP contribution in [0.2, 0.25) is 0 Å². The van der Waals surface area contributed by atoms with Gasteiger partial charge in [-0.2, -0.15) is 0 Å². The fraction of sp³-hybridized carbons (Fsp3) is 0.438. The second kappa shape index (κ2) is 9.02. The number of rotatable bonds is 10. The van der Waals surface area contributed by atoms with Crippen molar-refractivity contribution in [2.75, 3.05) is 31.6 Å². The van der Waals surface area contributed by atoms with E-state index in [2.05, 4.69) is 11.9 Å². The van der Waals surface area contributed by atoms with Crippen LogP contribution < -0.4 is 15.0 Å². The average molecular weight is 292 g/mol. The fourth-order valence-corrected chi connectivity index (χ4v) is 1.96. The summed E-state index contributed by atoms with van der Waals surface area (Å²) < 4.78 is 5.67. The number of nitrogens with one attached hydrogen (secondary N) is 1. The first kappa shape index (κ1) is 17.0. The summed E-state index contributed by atoms with van der Waals surface area (Å²) in [5.74, 6) is -0.0200. The highest BCUT2D eigenvalue weighted by molar-refractivity contribution is 5.68. The Hall–Kier alpha value is -2.01. The minimum absolute atomic E-state index is 0.102. The molecule has 5 heteroatoms. The molecule has 5 nitrogen and oxygen atoms in total. The van der Waals surface area contributed by atoms with Gasteiger partial charge in [0, 0.05) is 26.7 Å². The van der Waals surface area contributed by atoms with E-state index in [0.29, 0.717) is 13.2 Å². The third-order valence-electron chi connectivity index (χ3n) is 3.01. The Morgan fingerprint density at radius 3 is 2.90 bits per heavy atom. The zero-order valence-corrected chi connectivity index (χ0v) is 12.8. The standard InChI is InChI=1S/C16H24N2O3/c1-4-9-17-12-13-6-7-14(15(11-13)21-5-2)18(3)10-8-16(19)20/h4,6-7,11,17H,1,5,8-10,12H2,2-3H3,(H,19,20). The van der Waals surface area contributed by atoms with E-state index >= 15 is 0 Å². The number of nitrogens with zero attached hydrogens (tertiary/aromatic N) is 1. The molecular weight excluding hydrogens is 268 g/mol. The predicted molar refractivity (Wildman–Crippen MR) is 85.0 cm³/mol. The van der Waals surface area contributed by atoms with E-state index < -0.39 is 5.97 Å². The first-order valence-corrected chi connectivity index (χ1v) is 7.08. The van der Waals surface area contributed by atoms with Gasteiger partial charge in [-0.3, -0.25) is 4.79 Å². The minimum Gasteiger partial charge on any atom is -0.492 e. The van der Waals surface area contributed by atoms with Gasteiger partial charge < -0.3 is 20.1 Å². The third-order valence-corrected chi connectivity index (χ3v) is 3.01. The molecule has 0 aromatic heterocycles. The van der Waals surface area contributed by atoms with Crippen LogP contribution in [-0.4, -0.2) is 37.8 Å². The molecule has 0 radical (unpaired) electrons. The number of carboxylic acids is 1. The topological polar surface area (TPSA) is 61.8 Å². The molecule has 0 saturated heterocycles. The molecule has 0 aliphatic rings. The molecule has 0 atom stereocenters. The van der Waals surface area contributed by atoms with Gasteiger partial charge in [-0.1, -0.05) is 12.1 Å². The van der Waals surface area contributed by atoms with Crippen LogP contribution >= 0.6 is 0 Å². The fourth-order valence-electron chi connectivity index (χ4n) is 1.96. The van der Waals surface area contributed by atoms with Gasteiger partial charge in [0.2, 0.25) is 0 Å². The summed E-state index contributed by atoms with van der Waals surface area (Å²) in [6, 6.07) is 5.98. The first-order valence-electron chi connectivity index (χ1n) is 7.08. The van der Waals surface area contributed by atoms with Gasteiger partial charge in [0.25, 0.3) is 0 Å². The molecule has 1 aromatic carbocycles.